The van der Waals surface area contributed by atoms with E-state index in [1.807, 2.05) is 6.92 Å². The van der Waals surface area contributed by atoms with Crippen molar-refractivity contribution in [3.8, 4) is 5.75 Å². The monoisotopic (exact) mass is 240 g/mol. The van der Waals surface area contributed by atoms with E-state index in [2.05, 4.69) is 0 Å². The highest BCUT2D eigenvalue weighted by molar-refractivity contribution is 6.30. The molecule has 2 atom stereocenters. The molecule has 1 fully saturated rings. The number of carboxylic acid groups (broad SMARTS) is 1. The first-order valence-corrected chi connectivity index (χ1v) is 5.43. The largest absolute Gasteiger partial charge is 0.496 e. The summed E-state index contributed by atoms with van der Waals surface area (Å²) in [5.41, 5.74) is 0.539. The van der Waals surface area contributed by atoms with Crippen molar-refractivity contribution in [2.45, 2.75) is 18.8 Å². The zero-order valence-electron chi connectivity index (χ0n) is 9.16. The molecule has 0 radical (unpaired) electrons. The molecule has 4 heteroatoms. The molecule has 0 spiro atoms. The Hall–Kier alpha value is -1.22. The topological polar surface area (TPSA) is 46.5 Å². The Balaban J connectivity index is 2.41. The normalized spacial score (nSPS) is 27.6. The molecule has 0 saturated heterocycles. The van der Waals surface area contributed by atoms with E-state index < -0.39 is 5.97 Å². The predicted octanol–water partition coefficient (Wildman–Crippen LogP) is 2.71. The maximum atomic E-state index is 11.0. The van der Waals surface area contributed by atoms with Crippen molar-refractivity contribution in [1.82, 2.24) is 0 Å². The van der Waals surface area contributed by atoms with Gasteiger partial charge in [-0.05, 0) is 24.6 Å². The molecule has 1 saturated carbocycles. The Morgan fingerprint density at radius 1 is 1.62 bits per heavy atom. The smallest absolute Gasteiger partial charge is 0.307 e. The Labute approximate surface area is 99.0 Å². The first-order chi connectivity index (χ1) is 7.49. The number of ether oxygens (including phenoxy) is 1. The van der Waals surface area contributed by atoms with Gasteiger partial charge in [0.05, 0.1) is 13.0 Å². The highest BCUT2D eigenvalue weighted by Gasteiger charge is 2.57. The SMILES string of the molecule is COc1ccc(Cl)cc1C1(C)CC1C(=O)O. The number of halogens is 1. The maximum Gasteiger partial charge on any atom is 0.307 e. The molecule has 86 valence electrons. The fourth-order valence-corrected chi connectivity index (χ4v) is 2.32. The number of benzene rings is 1. The van der Waals surface area contributed by atoms with Gasteiger partial charge in [0.1, 0.15) is 5.75 Å². The van der Waals surface area contributed by atoms with Gasteiger partial charge in [-0.3, -0.25) is 4.79 Å². The Morgan fingerprint density at radius 3 is 2.81 bits per heavy atom. The van der Waals surface area contributed by atoms with Gasteiger partial charge in [-0.25, -0.2) is 0 Å². The van der Waals surface area contributed by atoms with Crippen LogP contribution in [0.1, 0.15) is 18.9 Å². The molecule has 1 N–H and O–H groups in total. The Bertz CT molecular complexity index is 444. The minimum absolute atomic E-state index is 0.333. The molecular formula is C12H13ClO3. The lowest BCUT2D eigenvalue weighted by molar-refractivity contribution is -0.138. The molecule has 1 aliphatic carbocycles. The lowest BCUT2D eigenvalue weighted by Crippen LogP contribution is -2.12. The summed E-state index contributed by atoms with van der Waals surface area (Å²) in [6.45, 7) is 1.93. The molecule has 0 heterocycles. The van der Waals surface area contributed by atoms with Gasteiger partial charge in [-0.15, -0.1) is 0 Å². The van der Waals surface area contributed by atoms with E-state index in [1.54, 1.807) is 25.3 Å². The number of hydrogen-bond donors (Lipinski definition) is 1. The van der Waals surface area contributed by atoms with Gasteiger partial charge < -0.3 is 9.84 Å². The number of carbonyl (C=O) groups is 1. The van der Waals surface area contributed by atoms with E-state index in [0.29, 0.717) is 17.2 Å². The molecule has 1 aliphatic rings. The number of hydrogen-bond acceptors (Lipinski definition) is 2. The van der Waals surface area contributed by atoms with Crippen molar-refractivity contribution < 1.29 is 14.6 Å². The first-order valence-electron chi connectivity index (χ1n) is 5.06. The minimum Gasteiger partial charge on any atom is -0.496 e. The molecule has 0 bridgehead atoms. The molecule has 0 aliphatic heterocycles. The highest BCUT2D eigenvalue weighted by atomic mass is 35.5. The van der Waals surface area contributed by atoms with E-state index in [0.717, 1.165) is 5.56 Å². The van der Waals surface area contributed by atoms with Crippen LogP contribution in [0.3, 0.4) is 0 Å². The van der Waals surface area contributed by atoms with E-state index in [4.69, 9.17) is 21.4 Å². The Morgan fingerprint density at radius 2 is 2.31 bits per heavy atom. The summed E-state index contributed by atoms with van der Waals surface area (Å²) in [5.74, 6) is -0.389. The van der Waals surface area contributed by atoms with E-state index in [1.165, 1.54) is 0 Å². The number of carboxylic acids is 1. The second-order valence-electron chi connectivity index (χ2n) is 4.36. The van der Waals surface area contributed by atoms with E-state index >= 15 is 0 Å². The highest BCUT2D eigenvalue weighted by Crippen LogP contribution is 2.56. The van der Waals surface area contributed by atoms with Crippen molar-refractivity contribution in [2.75, 3.05) is 7.11 Å². The van der Waals surface area contributed by atoms with Crippen LogP contribution in [0.15, 0.2) is 18.2 Å². The van der Waals surface area contributed by atoms with Crippen molar-refractivity contribution in [3.05, 3.63) is 28.8 Å². The molecule has 0 aromatic heterocycles. The molecule has 2 rings (SSSR count). The van der Waals surface area contributed by atoms with E-state index in [-0.39, 0.29) is 11.3 Å². The molecule has 3 nitrogen and oxygen atoms in total. The quantitative estimate of drug-likeness (QED) is 0.884. The first kappa shape index (κ1) is 11.3. The van der Waals surface area contributed by atoms with Crippen LogP contribution in [0.4, 0.5) is 0 Å². The summed E-state index contributed by atoms with van der Waals surface area (Å²) >= 11 is 5.93. The number of aliphatic carboxylic acids is 1. The van der Waals surface area contributed by atoms with Gasteiger partial charge in [0, 0.05) is 16.0 Å². The van der Waals surface area contributed by atoms with Gasteiger partial charge >= 0.3 is 5.97 Å². The van der Waals surface area contributed by atoms with Crippen LogP contribution in [0, 0.1) is 5.92 Å². The van der Waals surface area contributed by atoms with Gasteiger partial charge in [0.2, 0.25) is 0 Å². The van der Waals surface area contributed by atoms with Crippen LogP contribution in [-0.2, 0) is 10.2 Å². The fourth-order valence-electron chi connectivity index (χ4n) is 2.15. The van der Waals surface area contributed by atoms with Crippen molar-refractivity contribution >= 4 is 17.6 Å². The molecule has 0 amide bonds. The molecule has 2 unspecified atom stereocenters. The van der Waals surface area contributed by atoms with Gasteiger partial charge in [0.15, 0.2) is 0 Å². The lowest BCUT2D eigenvalue weighted by atomic mass is 9.94. The van der Waals surface area contributed by atoms with Crippen LogP contribution in [-0.4, -0.2) is 18.2 Å². The molecular weight excluding hydrogens is 228 g/mol. The minimum atomic E-state index is -0.760. The zero-order valence-corrected chi connectivity index (χ0v) is 9.91. The summed E-state index contributed by atoms with van der Waals surface area (Å²) in [7, 11) is 1.58. The maximum absolute atomic E-state index is 11.0. The van der Waals surface area contributed by atoms with Gasteiger partial charge in [-0.1, -0.05) is 18.5 Å². The number of rotatable bonds is 3. The van der Waals surface area contributed by atoms with Crippen LogP contribution in [0.2, 0.25) is 5.02 Å². The summed E-state index contributed by atoms with van der Waals surface area (Å²) in [6, 6.07) is 5.31. The summed E-state index contributed by atoms with van der Waals surface area (Å²) in [4.78, 5) is 11.0. The second-order valence-corrected chi connectivity index (χ2v) is 4.79. The van der Waals surface area contributed by atoms with Crippen molar-refractivity contribution in [2.24, 2.45) is 5.92 Å². The van der Waals surface area contributed by atoms with E-state index in [9.17, 15) is 4.79 Å². The van der Waals surface area contributed by atoms with Crippen LogP contribution >= 0.6 is 11.6 Å². The standard InChI is InChI=1S/C12H13ClO3/c1-12(6-9(12)11(14)15)8-5-7(13)3-4-10(8)16-2/h3-5,9H,6H2,1-2H3,(H,14,15). The lowest BCUT2D eigenvalue weighted by Gasteiger charge is -2.15. The molecule has 1 aromatic carbocycles. The van der Waals surface area contributed by atoms with Gasteiger partial charge in [-0.2, -0.15) is 0 Å². The predicted molar refractivity (Wildman–Crippen MR) is 61.1 cm³/mol. The third-order valence-electron chi connectivity index (χ3n) is 3.31. The van der Waals surface area contributed by atoms with Crippen LogP contribution in [0.25, 0.3) is 0 Å². The van der Waals surface area contributed by atoms with Crippen molar-refractivity contribution in [3.63, 3.8) is 0 Å². The van der Waals surface area contributed by atoms with Crippen LogP contribution in [0.5, 0.6) is 5.75 Å². The summed E-state index contributed by atoms with van der Waals surface area (Å²) < 4.78 is 5.24. The van der Waals surface area contributed by atoms with Gasteiger partial charge in [0.25, 0.3) is 0 Å². The summed E-state index contributed by atoms with van der Waals surface area (Å²) in [6.07, 6.45) is 0.638. The second kappa shape index (κ2) is 3.67. The molecule has 1 aromatic rings. The third kappa shape index (κ3) is 1.65. The van der Waals surface area contributed by atoms with Crippen molar-refractivity contribution in [1.29, 1.82) is 0 Å². The van der Waals surface area contributed by atoms with Crippen LogP contribution < -0.4 is 4.74 Å². The fraction of sp³-hybridized carbons (Fsp3) is 0.417. The average molecular weight is 241 g/mol. The average Bonchev–Trinajstić information content (AvgIpc) is 2.92. The summed E-state index contributed by atoms with van der Waals surface area (Å²) in [5, 5.41) is 9.61. The Kier molecular flexibility index (Phi) is 2.58. The third-order valence-corrected chi connectivity index (χ3v) is 3.55. The number of methoxy groups -OCH3 is 1. The zero-order chi connectivity index (χ0) is 11.9. The molecule has 16 heavy (non-hydrogen) atoms.